The number of hydrogen-bond donors (Lipinski definition) is 8. The van der Waals surface area contributed by atoms with Crippen LogP contribution in [0.3, 0.4) is 0 Å². The van der Waals surface area contributed by atoms with E-state index >= 15 is 0 Å². The van der Waals surface area contributed by atoms with Crippen molar-refractivity contribution in [3.63, 3.8) is 0 Å². The van der Waals surface area contributed by atoms with Gasteiger partial charge in [-0.1, -0.05) is 12.1 Å². The minimum Gasteiger partial charge on any atom is -0.508 e. The summed E-state index contributed by atoms with van der Waals surface area (Å²) in [5.74, 6) is -3.77. The Morgan fingerprint density at radius 1 is 0.902 bits per heavy atom. The topological polar surface area (TPSA) is 228 Å². The van der Waals surface area contributed by atoms with E-state index in [0.29, 0.717) is 5.56 Å². The summed E-state index contributed by atoms with van der Waals surface area (Å²) in [4.78, 5) is 25.8. The van der Waals surface area contributed by atoms with Crippen LogP contribution in [-0.2, 0) is 14.3 Å². The van der Waals surface area contributed by atoms with Crippen molar-refractivity contribution in [2.45, 2.75) is 30.5 Å². The molecule has 1 aromatic heterocycles. The number of hydrogen-bond acceptors (Lipinski definition) is 13. The zero-order chi connectivity index (χ0) is 29.6. The van der Waals surface area contributed by atoms with Gasteiger partial charge in [0.2, 0.25) is 5.43 Å². The molecule has 0 saturated carbocycles. The summed E-state index contributed by atoms with van der Waals surface area (Å²) in [6.45, 7) is -0.813. The van der Waals surface area contributed by atoms with E-state index in [1.54, 1.807) is 0 Å². The third-order valence-corrected chi connectivity index (χ3v) is 6.76. The van der Waals surface area contributed by atoms with Crippen molar-refractivity contribution in [3.05, 3.63) is 69.9 Å². The first-order valence-electron chi connectivity index (χ1n) is 12.2. The first-order valence-corrected chi connectivity index (χ1v) is 12.2. The number of carbonyl (C=O) groups excluding carboxylic acids is 1. The Hall–Kier alpha value is -4.82. The number of esters is 1. The standard InChI is InChI=1S/C28H24O13/c29-10-19-24(36)28(41-20(34)6-3-11-1-4-12(30)5-2-11)26(38)27(40-19)21-16(33)9-18-22(25(21)37)23(35)13-7-14(31)15(32)8-17(13)39-18/h1-9,19,24,26-33,36-38H,10H2. The third-order valence-electron chi connectivity index (χ3n) is 6.76. The number of aliphatic hydroxyl groups excluding tert-OH is 3. The highest BCUT2D eigenvalue weighted by atomic mass is 16.6. The van der Waals surface area contributed by atoms with Crippen molar-refractivity contribution < 1.29 is 59.5 Å². The van der Waals surface area contributed by atoms with Crippen LogP contribution in [0.2, 0.25) is 0 Å². The van der Waals surface area contributed by atoms with Gasteiger partial charge in [0.1, 0.15) is 58.2 Å². The van der Waals surface area contributed by atoms with E-state index in [9.17, 15) is 50.4 Å². The van der Waals surface area contributed by atoms with Crippen molar-refractivity contribution >= 4 is 34.0 Å². The monoisotopic (exact) mass is 568 g/mol. The van der Waals surface area contributed by atoms with Crippen LogP contribution in [0.5, 0.6) is 28.7 Å². The molecule has 0 bridgehead atoms. The largest absolute Gasteiger partial charge is 0.508 e. The van der Waals surface area contributed by atoms with E-state index < -0.39 is 82.5 Å². The molecule has 1 fully saturated rings. The van der Waals surface area contributed by atoms with Crippen LogP contribution in [-0.4, -0.2) is 77.8 Å². The Bertz CT molecular complexity index is 1720. The lowest BCUT2D eigenvalue weighted by molar-refractivity contribution is -0.240. The molecule has 13 heteroatoms. The third kappa shape index (κ3) is 4.98. The molecule has 0 spiro atoms. The summed E-state index contributed by atoms with van der Waals surface area (Å²) in [6, 6.07) is 8.68. The molecule has 5 atom stereocenters. The van der Waals surface area contributed by atoms with Gasteiger partial charge in [-0.3, -0.25) is 4.79 Å². The Morgan fingerprint density at radius 3 is 2.24 bits per heavy atom. The van der Waals surface area contributed by atoms with E-state index in [2.05, 4.69) is 0 Å². The molecule has 13 nitrogen and oxygen atoms in total. The number of carbonyl (C=O) groups is 1. The van der Waals surface area contributed by atoms with Crippen LogP contribution < -0.4 is 5.43 Å². The Morgan fingerprint density at radius 2 is 1.56 bits per heavy atom. The van der Waals surface area contributed by atoms with Crippen molar-refractivity contribution in [1.82, 2.24) is 0 Å². The molecular weight excluding hydrogens is 544 g/mol. The number of ether oxygens (including phenoxy) is 2. The van der Waals surface area contributed by atoms with Crippen LogP contribution in [0.1, 0.15) is 17.2 Å². The zero-order valence-corrected chi connectivity index (χ0v) is 20.9. The molecule has 0 radical (unpaired) electrons. The van der Waals surface area contributed by atoms with E-state index in [1.165, 1.54) is 30.3 Å². The maximum Gasteiger partial charge on any atom is 0.331 e. The lowest BCUT2D eigenvalue weighted by Crippen LogP contribution is -2.56. The SMILES string of the molecule is O=C(C=Cc1ccc(O)cc1)OC1C(O)C(CO)OC(c2c(O)cc3oc4cc(O)c(O)cc4c(=O)c3c2O)C1O. The number of phenols is 5. The second-order valence-electron chi connectivity index (χ2n) is 9.38. The minimum atomic E-state index is -1.92. The van der Waals surface area contributed by atoms with Gasteiger partial charge in [-0.05, 0) is 29.8 Å². The zero-order valence-electron chi connectivity index (χ0n) is 20.9. The summed E-state index contributed by atoms with van der Waals surface area (Å²) >= 11 is 0. The number of phenolic OH excluding ortho intramolecular Hbond substituents is 5. The smallest absolute Gasteiger partial charge is 0.331 e. The van der Waals surface area contributed by atoms with E-state index in [4.69, 9.17) is 13.9 Å². The summed E-state index contributed by atoms with van der Waals surface area (Å²) in [5.41, 5.74) is -1.32. The van der Waals surface area contributed by atoms with Crippen LogP contribution in [0, 0.1) is 0 Å². The Kier molecular flexibility index (Phi) is 7.19. The number of rotatable bonds is 5. The molecule has 1 saturated heterocycles. The van der Waals surface area contributed by atoms with Crippen molar-refractivity contribution in [1.29, 1.82) is 0 Å². The number of aliphatic hydroxyl groups is 3. The lowest BCUT2D eigenvalue weighted by Gasteiger charge is -2.42. The van der Waals surface area contributed by atoms with Crippen molar-refractivity contribution in [3.8, 4) is 28.7 Å². The maximum absolute atomic E-state index is 13.2. The van der Waals surface area contributed by atoms with Gasteiger partial charge in [-0.25, -0.2) is 4.79 Å². The Labute approximate surface area is 229 Å². The molecular formula is C28H24O13. The quantitative estimate of drug-likeness (QED) is 0.0735. The predicted molar refractivity (Wildman–Crippen MR) is 140 cm³/mol. The molecule has 0 amide bonds. The molecule has 214 valence electrons. The second-order valence-corrected chi connectivity index (χ2v) is 9.38. The van der Waals surface area contributed by atoms with Gasteiger partial charge >= 0.3 is 5.97 Å². The van der Waals surface area contributed by atoms with Gasteiger partial charge in [0.25, 0.3) is 0 Å². The number of benzene rings is 3. The highest BCUT2D eigenvalue weighted by Gasteiger charge is 2.48. The highest BCUT2D eigenvalue weighted by Crippen LogP contribution is 2.45. The maximum atomic E-state index is 13.2. The van der Waals surface area contributed by atoms with Crippen LogP contribution in [0.4, 0.5) is 0 Å². The molecule has 5 unspecified atom stereocenters. The normalized spacial score (nSPS) is 22.9. The molecule has 41 heavy (non-hydrogen) atoms. The predicted octanol–water partition coefficient (Wildman–Crippen LogP) is 1.25. The number of fused-ring (bicyclic) bond motifs is 2. The van der Waals surface area contributed by atoms with Gasteiger partial charge in [0.05, 0.1) is 17.6 Å². The first kappa shape index (κ1) is 27.7. The summed E-state index contributed by atoms with van der Waals surface area (Å²) < 4.78 is 16.4. The molecule has 5 rings (SSSR count). The van der Waals surface area contributed by atoms with E-state index in [0.717, 1.165) is 24.3 Å². The molecule has 3 aromatic carbocycles. The average Bonchev–Trinajstić information content (AvgIpc) is 2.93. The highest BCUT2D eigenvalue weighted by molar-refractivity contribution is 5.96. The molecule has 2 heterocycles. The van der Waals surface area contributed by atoms with Gasteiger partial charge in [-0.15, -0.1) is 0 Å². The van der Waals surface area contributed by atoms with Gasteiger partial charge < -0.3 is 54.7 Å². The van der Waals surface area contributed by atoms with Crippen LogP contribution >= 0.6 is 0 Å². The van der Waals surface area contributed by atoms with Gasteiger partial charge in [-0.2, -0.15) is 0 Å². The summed E-state index contributed by atoms with van der Waals surface area (Å²) in [6.07, 6.45) is -6.19. The Balaban J connectivity index is 1.53. The van der Waals surface area contributed by atoms with Crippen molar-refractivity contribution in [2.24, 2.45) is 0 Å². The van der Waals surface area contributed by atoms with E-state index in [1.807, 2.05) is 0 Å². The molecule has 1 aliphatic heterocycles. The van der Waals surface area contributed by atoms with Crippen LogP contribution in [0.25, 0.3) is 28.0 Å². The summed E-state index contributed by atoms with van der Waals surface area (Å²) in [7, 11) is 0. The fourth-order valence-electron chi connectivity index (χ4n) is 4.69. The summed E-state index contributed by atoms with van der Waals surface area (Å²) in [5, 5.41) is 81.6. The fourth-order valence-corrected chi connectivity index (χ4v) is 4.69. The van der Waals surface area contributed by atoms with Gasteiger partial charge in [0, 0.05) is 18.2 Å². The lowest BCUT2D eigenvalue weighted by atomic mass is 9.89. The number of aromatic hydroxyl groups is 5. The first-order chi connectivity index (χ1) is 19.5. The fraction of sp³-hybridized carbons (Fsp3) is 0.214. The second kappa shape index (κ2) is 10.6. The molecule has 0 aliphatic carbocycles. The molecule has 4 aromatic rings. The molecule has 8 N–H and O–H groups in total. The van der Waals surface area contributed by atoms with Crippen LogP contribution in [0.15, 0.2) is 57.8 Å². The average molecular weight is 568 g/mol. The van der Waals surface area contributed by atoms with Gasteiger partial charge in [0.15, 0.2) is 17.6 Å². The minimum absolute atomic E-state index is 0.0165. The van der Waals surface area contributed by atoms with E-state index in [-0.39, 0.29) is 22.3 Å². The van der Waals surface area contributed by atoms with Crippen molar-refractivity contribution in [2.75, 3.05) is 6.61 Å². The molecule has 1 aliphatic rings.